The molecule has 0 spiro atoms. The van der Waals surface area contributed by atoms with Crippen LogP contribution in [0.15, 0.2) is 91.0 Å². The molecule has 0 amide bonds. The Morgan fingerprint density at radius 1 is 0.594 bits per heavy atom. The number of benzene rings is 3. The summed E-state index contributed by atoms with van der Waals surface area (Å²) in [5.41, 5.74) is 3.13. The van der Waals surface area contributed by atoms with Crippen molar-refractivity contribution >= 4 is 0 Å². The highest BCUT2D eigenvalue weighted by Crippen LogP contribution is 2.29. The molecule has 1 aliphatic heterocycles. The van der Waals surface area contributed by atoms with Crippen LogP contribution in [0.2, 0.25) is 0 Å². The van der Waals surface area contributed by atoms with Gasteiger partial charge >= 0.3 is 0 Å². The molecule has 168 valence electrons. The normalized spacial score (nSPS) is 25.5. The summed E-state index contributed by atoms with van der Waals surface area (Å²) >= 11 is 0. The smallest absolute Gasteiger partial charge is 0.184 e. The van der Waals surface area contributed by atoms with E-state index in [-0.39, 0.29) is 6.10 Å². The summed E-state index contributed by atoms with van der Waals surface area (Å²) in [7, 11) is 0. The fourth-order valence-electron chi connectivity index (χ4n) is 3.89. The number of aliphatic hydroxyl groups excluding tert-OH is 1. The number of ether oxygens (including phenoxy) is 4. The average Bonchev–Trinajstić information content (AvgIpc) is 2.83. The maximum Gasteiger partial charge on any atom is 0.184 e. The minimum atomic E-state index is -1.11. The molecule has 3 aromatic rings. The molecule has 1 saturated heterocycles. The second kappa shape index (κ2) is 11.4. The van der Waals surface area contributed by atoms with Crippen molar-refractivity contribution < 1.29 is 24.1 Å². The van der Waals surface area contributed by atoms with Gasteiger partial charge in [-0.3, -0.25) is 0 Å². The Labute approximate surface area is 189 Å². The van der Waals surface area contributed by atoms with E-state index < -0.39 is 24.6 Å². The summed E-state index contributed by atoms with van der Waals surface area (Å²) in [6.07, 6.45) is -3.04. The zero-order valence-corrected chi connectivity index (χ0v) is 18.2. The first-order valence-corrected chi connectivity index (χ1v) is 11.0. The van der Waals surface area contributed by atoms with Gasteiger partial charge in [0.25, 0.3) is 0 Å². The van der Waals surface area contributed by atoms with Crippen LogP contribution in [0.4, 0.5) is 0 Å². The molecule has 1 N–H and O–H groups in total. The van der Waals surface area contributed by atoms with Gasteiger partial charge in [-0.05, 0) is 23.6 Å². The Balaban J connectivity index is 1.50. The Bertz CT molecular complexity index is 863. The third-order valence-electron chi connectivity index (χ3n) is 5.60. The molecule has 1 aliphatic rings. The van der Waals surface area contributed by atoms with Gasteiger partial charge in [0.1, 0.15) is 18.3 Å². The molecule has 0 saturated carbocycles. The third-order valence-corrected chi connectivity index (χ3v) is 5.60. The molecule has 3 aromatic carbocycles. The quantitative estimate of drug-likeness (QED) is 0.538. The van der Waals surface area contributed by atoms with Crippen LogP contribution in [0.3, 0.4) is 0 Å². The summed E-state index contributed by atoms with van der Waals surface area (Å²) in [5, 5.41) is 10.7. The Hall–Kier alpha value is -2.54. The third kappa shape index (κ3) is 6.03. The summed E-state index contributed by atoms with van der Waals surface area (Å²) < 4.78 is 24.5. The summed E-state index contributed by atoms with van der Waals surface area (Å²) in [6, 6.07) is 29.8. The van der Waals surface area contributed by atoms with Gasteiger partial charge in [-0.2, -0.15) is 0 Å². The predicted octanol–water partition coefficient (Wildman–Crippen LogP) is 4.48. The first-order chi connectivity index (χ1) is 15.7. The molecule has 0 radical (unpaired) electrons. The molecule has 0 bridgehead atoms. The van der Waals surface area contributed by atoms with Crippen molar-refractivity contribution in [3.8, 4) is 0 Å². The van der Waals surface area contributed by atoms with Gasteiger partial charge < -0.3 is 24.1 Å². The lowest BCUT2D eigenvalue weighted by Crippen LogP contribution is -2.59. The second-order valence-corrected chi connectivity index (χ2v) is 8.02. The fourth-order valence-corrected chi connectivity index (χ4v) is 3.89. The molecular weight excluding hydrogens is 404 g/mol. The predicted molar refractivity (Wildman–Crippen MR) is 122 cm³/mol. The molecule has 5 heteroatoms. The van der Waals surface area contributed by atoms with Gasteiger partial charge in [-0.15, -0.1) is 0 Å². The number of rotatable bonds is 9. The van der Waals surface area contributed by atoms with Crippen molar-refractivity contribution in [2.24, 2.45) is 0 Å². The molecule has 1 heterocycles. The molecule has 5 atom stereocenters. The highest BCUT2D eigenvalue weighted by atomic mass is 16.7. The van der Waals surface area contributed by atoms with Crippen molar-refractivity contribution in [1.82, 2.24) is 0 Å². The highest BCUT2D eigenvalue weighted by Gasteiger charge is 2.46. The number of hydrogen-bond donors (Lipinski definition) is 1. The highest BCUT2D eigenvalue weighted by molar-refractivity contribution is 5.15. The van der Waals surface area contributed by atoms with Crippen LogP contribution in [0, 0.1) is 0 Å². The van der Waals surface area contributed by atoms with Crippen LogP contribution in [0.5, 0.6) is 0 Å². The van der Waals surface area contributed by atoms with Crippen LogP contribution in [0.25, 0.3) is 0 Å². The van der Waals surface area contributed by atoms with Gasteiger partial charge in [0.05, 0.1) is 25.9 Å². The zero-order valence-electron chi connectivity index (χ0n) is 18.2. The van der Waals surface area contributed by atoms with Gasteiger partial charge in [-0.1, -0.05) is 91.0 Å². The molecule has 0 unspecified atom stereocenters. The number of aliphatic hydroxyl groups is 1. The van der Waals surface area contributed by atoms with Crippen molar-refractivity contribution in [2.75, 3.05) is 0 Å². The fraction of sp³-hybridized carbons (Fsp3) is 0.333. The minimum Gasteiger partial charge on any atom is -0.368 e. The standard InChI is InChI=1S/C27H30O5/c1-20-24(29-17-21-11-5-2-6-12-21)25(30-18-22-13-7-3-8-14-22)26(27(28)32-20)31-19-23-15-9-4-10-16-23/h2-16,20,24-28H,17-19H2,1H3/t20-,24-,25+,26+,27+/m1/s1. The molecule has 5 nitrogen and oxygen atoms in total. The van der Waals surface area contributed by atoms with Crippen molar-refractivity contribution in [2.45, 2.75) is 57.5 Å². The van der Waals surface area contributed by atoms with E-state index in [1.54, 1.807) is 0 Å². The van der Waals surface area contributed by atoms with Gasteiger partial charge in [0.15, 0.2) is 6.29 Å². The van der Waals surface area contributed by atoms with E-state index in [2.05, 4.69) is 0 Å². The van der Waals surface area contributed by atoms with E-state index in [9.17, 15) is 5.11 Å². The van der Waals surface area contributed by atoms with Crippen LogP contribution in [0.1, 0.15) is 23.6 Å². The summed E-state index contributed by atoms with van der Waals surface area (Å²) in [4.78, 5) is 0. The van der Waals surface area contributed by atoms with Crippen molar-refractivity contribution in [3.63, 3.8) is 0 Å². The molecule has 0 aromatic heterocycles. The van der Waals surface area contributed by atoms with Crippen molar-refractivity contribution in [1.29, 1.82) is 0 Å². The Morgan fingerprint density at radius 2 is 0.969 bits per heavy atom. The SMILES string of the molecule is C[C@H]1O[C@H](O)[C@@H](OCc2ccccc2)[C@@H](OCc2ccccc2)[C@@H]1OCc1ccccc1. The monoisotopic (exact) mass is 434 g/mol. The van der Waals surface area contributed by atoms with Crippen molar-refractivity contribution in [3.05, 3.63) is 108 Å². The Morgan fingerprint density at radius 3 is 1.41 bits per heavy atom. The largest absolute Gasteiger partial charge is 0.368 e. The zero-order chi connectivity index (χ0) is 22.2. The summed E-state index contributed by atoms with van der Waals surface area (Å²) in [6.45, 7) is 3.05. The van der Waals surface area contributed by atoms with Crippen LogP contribution in [-0.2, 0) is 38.8 Å². The first kappa shape index (κ1) is 22.6. The maximum atomic E-state index is 10.7. The minimum absolute atomic E-state index is 0.344. The molecule has 1 fully saturated rings. The van der Waals surface area contributed by atoms with E-state index in [4.69, 9.17) is 18.9 Å². The molecular formula is C27H30O5. The molecule has 4 rings (SSSR count). The van der Waals surface area contributed by atoms with E-state index in [1.807, 2.05) is 97.9 Å². The van der Waals surface area contributed by atoms with Gasteiger partial charge in [0.2, 0.25) is 0 Å². The van der Waals surface area contributed by atoms with Gasteiger partial charge in [0, 0.05) is 0 Å². The second-order valence-electron chi connectivity index (χ2n) is 8.02. The average molecular weight is 435 g/mol. The lowest BCUT2D eigenvalue weighted by Gasteiger charge is -2.43. The van der Waals surface area contributed by atoms with E-state index >= 15 is 0 Å². The lowest BCUT2D eigenvalue weighted by atomic mass is 9.98. The van der Waals surface area contributed by atoms with E-state index in [0.717, 1.165) is 16.7 Å². The Kier molecular flexibility index (Phi) is 8.04. The first-order valence-electron chi connectivity index (χ1n) is 11.0. The maximum absolute atomic E-state index is 10.7. The lowest BCUT2D eigenvalue weighted by molar-refractivity contribution is -0.308. The van der Waals surface area contributed by atoms with Gasteiger partial charge in [-0.25, -0.2) is 0 Å². The van der Waals surface area contributed by atoms with E-state index in [1.165, 1.54) is 0 Å². The van der Waals surface area contributed by atoms with E-state index in [0.29, 0.717) is 19.8 Å². The molecule has 32 heavy (non-hydrogen) atoms. The molecule has 0 aliphatic carbocycles. The van der Waals surface area contributed by atoms with Crippen LogP contribution in [-0.4, -0.2) is 35.8 Å². The van der Waals surface area contributed by atoms with Crippen LogP contribution >= 0.6 is 0 Å². The van der Waals surface area contributed by atoms with Crippen LogP contribution < -0.4 is 0 Å². The summed E-state index contributed by atoms with van der Waals surface area (Å²) in [5.74, 6) is 0. The topological polar surface area (TPSA) is 57.2 Å². The number of hydrogen-bond acceptors (Lipinski definition) is 5.